The topological polar surface area (TPSA) is 30.7 Å². The molecule has 0 unspecified atom stereocenters. The Bertz CT molecular complexity index is 967. The van der Waals surface area contributed by atoms with Crippen LogP contribution >= 0.6 is 0 Å². The first kappa shape index (κ1) is 12.1. The lowest BCUT2D eigenvalue weighted by molar-refractivity contribution is 0.969. The maximum atomic E-state index is 4.52. The molecule has 4 rings (SSSR count). The van der Waals surface area contributed by atoms with E-state index in [1.807, 2.05) is 0 Å². The highest BCUT2D eigenvalue weighted by Gasteiger charge is 2.08. The lowest BCUT2D eigenvalue weighted by Crippen LogP contribution is -1.90. The van der Waals surface area contributed by atoms with E-state index in [0.29, 0.717) is 0 Å². The van der Waals surface area contributed by atoms with Crippen molar-refractivity contribution in [2.24, 2.45) is 7.05 Å². The Morgan fingerprint density at radius 3 is 2.71 bits per heavy atom. The van der Waals surface area contributed by atoms with Crippen LogP contribution in [0.25, 0.3) is 33.1 Å². The summed E-state index contributed by atoms with van der Waals surface area (Å²) in [6.07, 6.45) is 5.58. The van der Waals surface area contributed by atoms with E-state index in [4.69, 9.17) is 0 Å². The van der Waals surface area contributed by atoms with Crippen molar-refractivity contribution in [3.63, 3.8) is 0 Å². The molecule has 0 bridgehead atoms. The molecule has 0 aliphatic carbocycles. The third-order valence-electron chi connectivity index (χ3n) is 3.92. The van der Waals surface area contributed by atoms with Gasteiger partial charge in [-0.25, -0.2) is 0 Å². The molecule has 0 spiro atoms. The molecule has 0 radical (unpaired) electrons. The summed E-state index contributed by atoms with van der Waals surface area (Å²) in [5, 5.41) is 1.25. The summed E-state index contributed by atoms with van der Waals surface area (Å²) >= 11 is 0. The zero-order chi connectivity index (χ0) is 14.4. The minimum Gasteiger partial charge on any atom is -0.351 e. The molecule has 0 amide bonds. The third kappa shape index (κ3) is 1.89. The van der Waals surface area contributed by atoms with Crippen molar-refractivity contribution in [3.8, 4) is 11.1 Å². The molecule has 4 aromatic rings. The van der Waals surface area contributed by atoms with Crippen LogP contribution in [0.5, 0.6) is 0 Å². The minimum atomic E-state index is 0.944. The molecule has 3 heteroatoms. The molecule has 0 atom stereocenters. The summed E-state index contributed by atoms with van der Waals surface area (Å²) in [6.45, 7) is 2.10. The van der Waals surface area contributed by atoms with Gasteiger partial charge < -0.3 is 4.57 Å². The van der Waals surface area contributed by atoms with Gasteiger partial charge in [-0.2, -0.15) is 0 Å². The van der Waals surface area contributed by atoms with E-state index in [1.54, 1.807) is 12.4 Å². The second kappa shape index (κ2) is 4.42. The summed E-state index contributed by atoms with van der Waals surface area (Å²) in [4.78, 5) is 8.95. The highest BCUT2D eigenvalue weighted by molar-refractivity contribution is 5.95. The number of fused-ring (bicyclic) bond motifs is 2. The number of hydrogen-bond acceptors (Lipinski definition) is 2. The van der Waals surface area contributed by atoms with Crippen LogP contribution in [0.1, 0.15) is 5.56 Å². The second-order valence-corrected chi connectivity index (χ2v) is 5.44. The van der Waals surface area contributed by atoms with Gasteiger partial charge in [-0.3, -0.25) is 9.97 Å². The van der Waals surface area contributed by atoms with Gasteiger partial charge in [0, 0.05) is 36.7 Å². The molecule has 2 aromatic heterocycles. The van der Waals surface area contributed by atoms with E-state index < -0.39 is 0 Å². The predicted octanol–water partition coefficient (Wildman–Crippen LogP) is 4.10. The Morgan fingerprint density at radius 1 is 0.952 bits per heavy atom. The Balaban J connectivity index is 2.05. The Kier molecular flexibility index (Phi) is 2.54. The summed E-state index contributed by atoms with van der Waals surface area (Å²) in [6, 6.07) is 12.9. The molecule has 0 aliphatic rings. The summed E-state index contributed by atoms with van der Waals surface area (Å²) in [5.74, 6) is 0. The first-order chi connectivity index (χ1) is 10.2. The number of nitrogens with zero attached hydrogens (tertiary/aromatic N) is 3. The van der Waals surface area contributed by atoms with Crippen LogP contribution in [0.2, 0.25) is 0 Å². The molecule has 102 valence electrons. The van der Waals surface area contributed by atoms with Crippen LogP contribution in [-0.4, -0.2) is 14.5 Å². The second-order valence-electron chi connectivity index (χ2n) is 5.44. The van der Waals surface area contributed by atoms with Crippen LogP contribution in [-0.2, 0) is 7.05 Å². The van der Waals surface area contributed by atoms with Gasteiger partial charge >= 0.3 is 0 Å². The number of hydrogen-bond donors (Lipinski definition) is 0. The fraction of sp³-hybridized carbons (Fsp3) is 0.111. The molecule has 0 aliphatic heterocycles. The van der Waals surface area contributed by atoms with E-state index in [2.05, 4.69) is 71.1 Å². The van der Waals surface area contributed by atoms with Crippen molar-refractivity contribution >= 4 is 21.9 Å². The standard InChI is InChI=1S/C18H15N3/c1-12-9-15(18-16(10-12)19-6-7-20-18)14-4-3-13-5-8-21(2)17(13)11-14/h3-11H,1-2H3. The van der Waals surface area contributed by atoms with E-state index >= 15 is 0 Å². The highest BCUT2D eigenvalue weighted by Crippen LogP contribution is 2.30. The SMILES string of the molecule is Cc1cc(-c2ccc3ccn(C)c3c2)c2nccnc2c1. The average Bonchev–Trinajstić information content (AvgIpc) is 2.87. The smallest absolute Gasteiger partial charge is 0.0965 e. The molecule has 3 nitrogen and oxygen atoms in total. The van der Waals surface area contributed by atoms with Gasteiger partial charge in [0.2, 0.25) is 0 Å². The maximum absolute atomic E-state index is 4.52. The van der Waals surface area contributed by atoms with Crippen molar-refractivity contribution in [1.29, 1.82) is 0 Å². The van der Waals surface area contributed by atoms with Crippen LogP contribution in [0.4, 0.5) is 0 Å². The molecule has 2 heterocycles. The molecule has 21 heavy (non-hydrogen) atoms. The molecule has 0 fully saturated rings. The van der Waals surface area contributed by atoms with Crippen molar-refractivity contribution in [1.82, 2.24) is 14.5 Å². The van der Waals surface area contributed by atoms with Crippen LogP contribution in [0.15, 0.2) is 55.0 Å². The molecule has 2 aromatic carbocycles. The molecular formula is C18H15N3. The molecule has 0 N–H and O–H groups in total. The van der Waals surface area contributed by atoms with E-state index in [-0.39, 0.29) is 0 Å². The van der Waals surface area contributed by atoms with E-state index in [1.165, 1.54) is 22.0 Å². The molecular weight excluding hydrogens is 258 g/mol. The molecule has 0 saturated carbocycles. The maximum Gasteiger partial charge on any atom is 0.0965 e. The van der Waals surface area contributed by atoms with Crippen LogP contribution in [0, 0.1) is 6.92 Å². The number of aryl methyl sites for hydroxylation is 2. The van der Waals surface area contributed by atoms with E-state index in [0.717, 1.165) is 16.6 Å². The van der Waals surface area contributed by atoms with Gasteiger partial charge in [0.1, 0.15) is 0 Å². The Morgan fingerprint density at radius 2 is 1.81 bits per heavy atom. The van der Waals surface area contributed by atoms with Crippen molar-refractivity contribution in [2.45, 2.75) is 6.92 Å². The van der Waals surface area contributed by atoms with Crippen molar-refractivity contribution < 1.29 is 0 Å². The summed E-state index contributed by atoms with van der Waals surface area (Å²) in [7, 11) is 2.07. The lowest BCUT2D eigenvalue weighted by atomic mass is 10.0. The van der Waals surface area contributed by atoms with Crippen molar-refractivity contribution in [2.75, 3.05) is 0 Å². The van der Waals surface area contributed by atoms with Gasteiger partial charge in [0.05, 0.1) is 11.0 Å². The summed E-state index contributed by atoms with van der Waals surface area (Å²) < 4.78 is 2.14. The van der Waals surface area contributed by atoms with Crippen molar-refractivity contribution in [3.05, 3.63) is 60.6 Å². The Labute approximate surface area is 122 Å². The Hall–Kier alpha value is -2.68. The first-order valence-corrected chi connectivity index (χ1v) is 6.99. The minimum absolute atomic E-state index is 0.944. The molecule has 0 saturated heterocycles. The zero-order valence-electron chi connectivity index (χ0n) is 12.0. The number of rotatable bonds is 1. The van der Waals surface area contributed by atoms with E-state index in [9.17, 15) is 0 Å². The first-order valence-electron chi connectivity index (χ1n) is 6.99. The van der Waals surface area contributed by atoms with Gasteiger partial charge in [-0.1, -0.05) is 12.1 Å². The van der Waals surface area contributed by atoms with Gasteiger partial charge in [0.25, 0.3) is 0 Å². The lowest BCUT2D eigenvalue weighted by Gasteiger charge is -2.08. The quantitative estimate of drug-likeness (QED) is 0.523. The summed E-state index contributed by atoms with van der Waals surface area (Å²) in [5.41, 5.74) is 6.65. The monoisotopic (exact) mass is 273 g/mol. The zero-order valence-corrected chi connectivity index (χ0v) is 12.0. The normalized spacial score (nSPS) is 11.3. The van der Waals surface area contributed by atoms with Crippen LogP contribution in [0.3, 0.4) is 0 Å². The van der Waals surface area contributed by atoms with Crippen LogP contribution < -0.4 is 0 Å². The van der Waals surface area contributed by atoms with Gasteiger partial charge in [-0.15, -0.1) is 0 Å². The number of benzene rings is 2. The fourth-order valence-corrected chi connectivity index (χ4v) is 2.87. The average molecular weight is 273 g/mol. The highest BCUT2D eigenvalue weighted by atomic mass is 14.9. The fourth-order valence-electron chi connectivity index (χ4n) is 2.87. The predicted molar refractivity (Wildman–Crippen MR) is 86.2 cm³/mol. The van der Waals surface area contributed by atoms with Gasteiger partial charge in [0.15, 0.2) is 0 Å². The van der Waals surface area contributed by atoms with Gasteiger partial charge in [-0.05, 0) is 47.7 Å². The number of aromatic nitrogens is 3. The largest absolute Gasteiger partial charge is 0.351 e. The third-order valence-corrected chi connectivity index (χ3v) is 3.92.